The standard InChI is InChI=1S/C83H147N2O6P/c1-6-8-10-12-14-16-18-20-22-24-26-28-30-32-34-36-38-39-40-41-42-43-44-45-47-49-51-53-55-57-59-61-63-65-67-69-71-73-75-77-83(87)84-81(80-91-92(88,89)90-79-78-85(3,4)5)82(86)76-74-72-70-68-66-64-62-60-58-56-54-52-50-48-46-37-35-33-31-29-27-25-23-21-19-17-15-13-11-9-7-2/h8,10,14,16,20,22,26,28,32,34,38-39,41-42,44-45,58,60,66,68,74,76,81-82,86H,6-7,9,11-13,15,17-19,21,23-25,27,29-31,33,35-37,40,43,46-57,59,61-65,67,69-73,75,77-80H2,1-5H3,(H-,84,87,88,89)/b10-8-,16-14-,22-20-,28-26-,34-32-,39-38-,42-41-,45-44-,60-58+,68-66+,76-74+. The van der Waals surface area contributed by atoms with Gasteiger partial charge in [0.05, 0.1) is 39.9 Å². The molecule has 0 aromatic carbocycles. The zero-order valence-corrected chi connectivity index (χ0v) is 61.6. The molecule has 0 radical (unpaired) electrons. The monoisotopic (exact) mass is 1300 g/mol. The zero-order chi connectivity index (χ0) is 66.9. The number of nitrogens with zero attached hydrogens (tertiary/aromatic N) is 1. The van der Waals surface area contributed by atoms with Crippen molar-refractivity contribution in [1.29, 1.82) is 0 Å². The number of carbonyl (C=O) groups excluding carboxylic acids is 1. The number of likely N-dealkylation sites (N-methyl/N-ethyl adjacent to an activating group) is 1. The fourth-order valence-electron chi connectivity index (χ4n) is 10.9. The van der Waals surface area contributed by atoms with Gasteiger partial charge in [0.25, 0.3) is 7.82 Å². The number of phosphoric acid groups is 1. The third-order valence-electron chi connectivity index (χ3n) is 16.8. The van der Waals surface area contributed by atoms with Crippen LogP contribution in [0.4, 0.5) is 0 Å². The number of allylic oxidation sites excluding steroid dienone is 21. The maximum atomic E-state index is 13.1. The lowest BCUT2D eigenvalue weighted by Gasteiger charge is -2.29. The topological polar surface area (TPSA) is 108 Å². The second kappa shape index (κ2) is 71.9. The highest BCUT2D eigenvalue weighted by Crippen LogP contribution is 2.38. The summed E-state index contributed by atoms with van der Waals surface area (Å²) in [6, 6.07) is -0.920. The molecule has 8 nitrogen and oxygen atoms in total. The summed E-state index contributed by atoms with van der Waals surface area (Å²) in [7, 11) is 1.23. The molecular formula is C83H147N2O6P. The molecule has 0 saturated heterocycles. The molecule has 0 heterocycles. The first kappa shape index (κ1) is 88.6. The molecule has 0 fully saturated rings. The van der Waals surface area contributed by atoms with E-state index in [4.69, 9.17) is 9.05 Å². The maximum absolute atomic E-state index is 13.1. The molecule has 0 aromatic heterocycles. The third-order valence-corrected chi connectivity index (χ3v) is 17.8. The van der Waals surface area contributed by atoms with Crippen LogP contribution in [0.5, 0.6) is 0 Å². The van der Waals surface area contributed by atoms with Crippen LogP contribution in [0.1, 0.15) is 335 Å². The second-order valence-corrected chi connectivity index (χ2v) is 28.4. The van der Waals surface area contributed by atoms with Crippen LogP contribution in [-0.2, 0) is 18.4 Å². The Kier molecular flexibility index (Phi) is 69.3. The number of aliphatic hydroxyl groups excluding tert-OH is 1. The van der Waals surface area contributed by atoms with Crippen molar-refractivity contribution in [2.75, 3.05) is 40.9 Å². The summed E-state index contributed by atoms with van der Waals surface area (Å²) in [5.41, 5.74) is 0. The Labute approximate surface area is 570 Å². The summed E-state index contributed by atoms with van der Waals surface area (Å²) in [5, 5.41) is 14.0. The highest BCUT2D eigenvalue weighted by Gasteiger charge is 2.23. The number of amides is 1. The van der Waals surface area contributed by atoms with E-state index in [0.717, 1.165) is 96.3 Å². The summed E-state index contributed by atoms with van der Waals surface area (Å²) in [6.07, 6.45) is 109. The minimum Gasteiger partial charge on any atom is -0.756 e. The van der Waals surface area contributed by atoms with Gasteiger partial charge in [-0.05, 0) is 109 Å². The van der Waals surface area contributed by atoms with Gasteiger partial charge < -0.3 is 28.8 Å². The van der Waals surface area contributed by atoms with E-state index in [-0.39, 0.29) is 12.5 Å². The van der Waals surface area contributed by atoms with Crippen molar-refractivity contribution in [1.82, 2.24) is 5.32 Å². The van der Waals surface area contributed by atoms with Crippen molar-refractivity contribution in [2.45, 2.75) is 347 Å². The molecule has 3 atom stereocenters. The number of unbranched alkanes of at least 4 members (excludes halogenated alkanes) is 37. The Morgan fingerprint density at radius 2 is 0.674 bits per heavy atom. The van der Waals surface area contributed by atoms with Gasteiger partial charge >= 0.3 is 0 Å². The van der Waals surface area contributed by atoms with Crippen molar-refractivity contribution < 1.29 is 32.9 Å². The van der Waals surface area contributed by atoms with Crippen LogP contribution in [0.3, 0.4) is 0 Å². The molecule has 0 aromatic rings. The first-order valence-corrected chi connectivity index (χ1v) is 40.0. The predicted molar refractivity (Wildman–Crippen MR) is 403 cm³/mol. The van der Waals surface area contributed by atoms with Crippen LogP contribution in [0.25, 0.3) is 0 Å². The Hall–Kier alpha value is -3.36. The van der Waals surface area contributed by atoms with E-state index in [2.05, 4.69) is 141 Å². The molecule has 2 N–H and O–H groups in total. The number of aliphatic hydroxyl groups is 1. The van der Waals surface area contributed by atoms with E-state index in [1.807, 2.05) is 27.2 Å². The first-order valence-electron chi connectivity index (χ1n) is 38.5. The number of hydrogen-bond acceptors (Lipinski definition) is 6. The number of phosphoric ester groups is 1. The lowest BCUT2D eigenvalue weighted by Crippen LogP contribution is -2.45. The molecule has 0 saturated carbocycles. The van der Waals surface area contributed by atoms with E-state index in [1.165, 1.54) is 218 Å². The number of rotatable bonds is 70. The van der Waals surface area contributed by atoms with Gasteiger partial charge in [0.1, 0.15) is 13.2 Å². The smallest absolute Gasteiger partial charge is 0.268 e. The molecular weight excluding hydrogens is 1150 g/mol. The first-order chi connectivity index (χ1) is 45.0. The van der Waals surface area contributed by atoms with Crippen LogP contribution in [0.15, 0.2) is 134 Å². The summed E-state index contributed by atoms with van der Waals surface area (Å²) >= 11 is 0. The average Bonchev–Trinajstić information content (AvgIpc) is 2.63. The Morgan fingerprint density at radius 1 is 0.391 bits per heavy atom. The van der Waals surface area contributed by atoms with E-state index in [0.29, 0.717) is 17.4 Å². The normalized spacial score (nSPS) is 14.3. The molecule has 1 amide bonds. The molecule has 0 aliphatic rings. The van der Waals surface area contributed by atoms with Gasteiger partial charge in [-0.25, -0.2) is 0 Å². The van der Waals surface area contributed by atoms with Crippen LogP contribution in [0, 0.1) is 0 Å². The molecule has 0 aliphatic heterocycles. The highest BCUT2D eigenvalue weighted by molar-refractivity contribution is 7.45. The van der Waals surface area contributed by atoms with E-state index in [1.54, 1.807) is 6.08 Å². The van der Waals surface area contributed by atoms with Crippen LogP contribution >= 0.6 is 7.82 Å². The third kappa shape index (κ3) is 74.0. The molecule has 0 spiro atoms. The Morgan fingerprint density at radius 3 is 1.01 bits per heavy atom. The van der Waals surface area contributed by atoms with Crippen LogP contribution in [-0.4, -0.2) is 68.5 Å². The number of quaternary nitrogens is 1. The SMILES string of the molecule is CC/C=C\C/C=C\C/C=C\C/C=C\C/C=C\C/C=C\C/C=C\C/C=C\CCCCCCCCCCCCCCCCC(=O)NC(COP(=O)([O-])OCC[N+](C)(C)C)C(O)/C=C/CC/C=C/CC/C=C/CCCCCCCCCCCCCCCCCCCCCCC. The van der Waals surface area contributed by atoms with Crippen molar-refractivity contribution >= 4 is 13.7 Å². The summed E-state index contributed by atoms with van der Waals surface area (Å²) in [6.45, 7) is 4.53. The van der Waals surface area contributed by atoms with Gasteiger partial charge in [0, 0.05) is 6.42 Å². The molecule has 92 heavy (non-hydrogen) atoms. The van der Waals surface area contributed by atoms with Crippen molar-refractivity contribution in [2.24, 2.45) is 0 Å². The fourth-order valence-corrected chi connectivity index (χ4v) is 11.6. The van der Waals surface area contributed by atoms with Gasteiger partial charge in [-0.15, -0.1) is 0 Å². The van der Waals surface area contributed by atoms with E-state index in [9.17, 15) is 19.4 Å². The van der Waals surface area contributed by atoms with Crippen molar-refractivity contribution in [3.63, 3.8) is 0 Å². The quantitative estimate of drug-likeness (QED) is 0.0272. The number of carbonyl (C=O) groups is 1. The molecule has 530 valence electrons. The largest absolute Gasteiger partial charge is 0.756 e. The number of hydrogen-bond donors (Lipinski definition) is 2. The van der Waals surface area contributed by atoms with Gasteiger partial charge in [-0.1, -0.05) is 353 Å². The predicted octanol–water partition coefficient (Wildman–Crippen LogP) is 24.7. The minimum atomic E-state index is -4.63. The van der Waals surface area contributed by atoms with E-state index >= 15 is 0 Å². The van der Waals surface area contributed by atoms with E-state index < -0.39 is 26.6 Å². The molecule has 3 unspecified atom stereocenters. The van der Waals surface area contributed by atoms with Gasteiger partial charge in [-0.2, -0.15) is 0 Å². The Balaban J connectivity index is 4.10. The lowest BCUT2D eigenvalue weighted by atomic mass is 10.0. The van der Waals surface area contributed by atoms with Gasteiger partial charge in [0.15, 0.2) is 0 Å². The van der Waals surface area contributed by atoms with Gasteiger partial charge in [-0.3, -0.25) is 9.36 Å². The highest BCUT2D eigenvalue weighted by atomic mass is 31.2. The summed E-state index contributed by atoms with van der Waals surface area (Å²) < 4.78 is 23.5. The van der Waals surface area contributed by atoms with Gasteiger partial charge in [0.2, 0.25) is 5.91 Å². The number of nitrogens with one attached hydrogen (secondary N) is 1. The molecule has 0 bridgehead atoms. The average molecular weight is 1300 g/mol. The molecule has 0 aliphatic carbocycles. The minimum absolute atomic E-state index is 0.0138. The molecule has 9 heteroatoms. The van der Waals surface area contributed by atoms with Crippen LogP contribution < -0.4 is 10.2 Å². The summed E-state index contributed by atoms with van der Waals surface area (Å²) in [4.78, 5) is 25.7. The molecule has 0 rings (SSSR count). The Bertz CT molecular complexity index is 1970. The zero-order valence-electron chi connectivity index (χ0n) is 60.7. The fraction of sp³-hybridized carbons (Fsp3) is 0.723. The van der Waals surface area contributed by atoms with Crippen LogP contribution in [0.2, 0.25) is 0 Å². The van der Waals surface area contributed by atoms with Crippen molar-refractivity contribution in [3.05, 3.63) is 134 Å². The second-order valence-electron chi connectivity index (χ2n) is 27.0. The maximum Gasteiger partial charge on any atom is 0.268 e. The summed E-state index contributed by atoms with van der Waals surface area (Å²) in [5.74, 6) is -0.213. The van der Waals surface area contributed by atoms with Crippen molar-refractivity contribution in [3.8, 4) is 0 Å². The lowest BCUT2D eigenvalue weighted by molar-refractivity contribution is -0.870.